The lowest BCUT2D eigenvalue weighted by Crippen LogP contribution is -2.16. The van der Waals surface area contributed by atoms with Crippen LogP contribution in [0.5, 0.6) is 17.2 Å². The van der Waals surface area contributed by atoms with Crippen LogP contribution in [0.1, 0.15) is 0 Å². The van der Waals surface area contributed by atoms with E-state index in [-0.39, 0.29) is 27.8 Å². The van der Waals surface area contributed by atoms with Gasteiger partial charge in [0.05, 0.1) is 16.4 Å². The Labute approximate surface area is 159 Å². The van der Waals surface area contributed by atoms with E-state index in [0.717, 1.165) is 18.2 Å². The normalized spacial score (nSPS) is 11.8. The highest BCUT2D eigenvalue weighted by molar-refractivity contribution is 5.93. The highest BCUT2D eigenvalue weighted by Crippen LogP contribution is 2.29. The van der Waals surface area contributed by atoms with Gasteiger partial charge in [0.25, 0.3) is 0 Å². The number of nitrogens with one attached hydrogen (secondary N) is 1. The summed E-state index contributed by atoms with van der Waals surface area (Å²) in [7, 11) is 0. The van der Waals surface area contributed by atoms with Crippen LogP contribution in [-0.2, 0) is 0 Å². The molecule has 0 bridgehead atoms. The molecule has 0 radical (unpaired) electrons. The number of alkyl halides is 3. The molecule has 29 heavy (non-hydrogen) atoms. The van der Waals surface area contributed by atoms with Gasteiger partial charge in [0.2, 0.25) is 0 Å². The minimum Gasteiger partial charge on any atom is -0.457 e. The Morgan fingerprint density at radius 3 is 2.14 bits per heavy atom. The molecule has 0 spiro atoms. The van der Waals surface area contributed by atoms with Crippen molar-refractivity contribution in [2.45, 2.75) is 6.36 Å². The van der Waals surface area contributed by atoms with E-state index in [9.17, 15) is 26.7 Å². The van der Waals surface area contributed by atoms with Gasteiger partial charge in [-0.1, -0.05) is 0 Å². The molecule has 4 rings (SSSR count). The van der Waals surface area contributed by atoms with Gasteiger partial charge in [0.15, 0.2) is 5.43 Å². The van der Waals surface area contributed by atoms with Crippen LogP contribution >= 0.6 is 0 Å². The maximum absolute atomic E-state index is 14.1. The molecule has 4 aromatic rings. The van der Waals surface area contributed by atoms with Crippen LogP contribution in [0.15, 0.2) is 59.4 Å². The van der Waals surface area contributed by atoms with Gasteiger partial charge in [-0.05, 0) is 48.5 Å². The average Bonchev–Trinajstić information content (AvgIpc) is 2.62. The molecule has 3 aromatic carbocycles. The summed E-state index contributed by atoms with van der Waals surface area (Å²) in [4.78, 5) is 15.4. The number of H-pyrrole nitrogens is 1. The largest absolute Gasteiger partial charge is 0.573 e. The average molecular weight is 407 g/mol. The SMILES string of the molecule is O=c1c2cc(Oc3ccc(OC(F)(F)F)cc3)ccc2[nH]c2cc(F)cc(F)c12. The first-order valence-electron chi connectivity index (χ1n) is 8.18. The number of fused-ring (bicyclic) bond motifs is 2. The van der Waals surface area contributed by atoms with Crippen molar-refractivity contribution < 1.29 is 31.4 Å². The minimum absolute atomic E-state index is 0.0221. The summed E-state index contributed by atoms with van der Waals surface area (Å²) in [5.41, 5.74) is -0.284. The first-order chi connectivity index (χ1) is 13.7. The number of ether oxygens (including phenoxy) is 2. The first-order valence-corrected chi connectivity index (χ1v) is 8.18. The van der Waals surface area contributed by atoms with Gasteiger partial charge in [-0.3, -0.25) is 4.79 Å². The second-order valence-electron chi connectivity index (χ2n) is 6.09. The Bertz CT molecular complexity index is 1280. The lowest BCUT2D eigenvalue weighted by molar-refractivity contribution is -0.274. The smallest absolute Gasteiger partial charge is 0.457 e. The van der Waals surface area contributed by atoms with Crippen LogP contribution in [-0.4, -0.2) is 11.3 Å². The summed E-state index contributed by atoms with van der Waals surface area (Å²) in [6.07, 6.45) is -4.80. The second kappa shape index (κ2) is 6.77. The van der Waals surface area contributed by atoms with Crippen LogP contribution in [0.25, 0.3) is 21.8 Å². The molecule has 4 nitrogen and oxygen atoms in total. The molecule has 0 aliphatic rings. The number of pyridine rings is 1. The molecule has 0 aliphatic carbocycles. The van der Waals surface area contributed by atoms with E-state index in [4.69, 9.17) is 4.74 Å². The third-order valence-electron chi connectivity index (χ3n) is 4.08. The Hall–Kier alpha value is -3.62. The summed E-state index contributed by atoms with van der Waals surface area (Å²) in [5.74, 6) is -1.81. The van der Waals surface area contributed by atoms with E-state index in [1.54, 1.807) is 0 Å². The summed E-state index contributed by atoms with van der Waals surface area (Å²) < 4.78 is 73.4. The number of benzene rings is 3. The molecule has 0 aliphatic heterocycles. The Morgan fingerprint density at radius 1 is 0.793 bits per heavy atom. The minimum atomic E-state index is -4.80. The molecule has 9 heteroatoms. The maximum atomic E-state index is 14.1. The maximum Gasteiger partial charge on any atom is 0.573 e. The molecule has 0 atom stereocenters. The number of aromatic amines is 1. The Kier molecular flexibility index (Phi) is 4.37. The molecule has 0 fully saturated rings. The molecule has 1 heterocycles. The first kappa shape index (κ1) is 18.7. The van der Waals surface area contributed by atoms with Gasteiger partial charge >= 0.3 is 6.36 Å². The molecule has 0 saturated carbocycles. The standard InChI is InChI=1S/C20H10F5NO3/c21-10-7-15(22)18-17(8-10)26-16-6-5-13(9-14(16)19(18)27)28-11-1-3-12(4-2-11)29-20(23,24)25/h1-9H,(H,26,27). The van der Waals surface area contributed by atoms with Crippen molar-refractivity contribution in [3.63, 3.8) is 0 Å². The van der Waals surface area contributed by atoms with Crippen LogP contribution in [0, 0.1) is 11.6 Å². The molecule has 0 amide bonds. The summed E-state index contributed by atoms with van der Waals surface area (Å²) in [6.45, 7) is 0. The lowest BCUT2D eigenvalue weighted by atomic mass is 10.1. The summed E-state index contributed by atoms with van der Waals surface area (Å²) in [5, 5.41) is -0.178. The zero-order valence-electron chi connectivity index (χ0n) is 14.3. The van der Waals surface area contributed by atoms with Crippen molar-refractivity contribution >= 4 is 21.8 Å². The predicted molar refractivity (Wildman–Crippen MR) is 95.2 cm³/mol. The van der Waals surface area contributed by atoms with E-state index in [1.807, 2.05) is 0 Å². The van der Waals surface area contributed by atoms with E-state index >= 15 is 0 Å². The van der Waals surface area contributed by atoms with Gasteiger partial charge in [0, 0.05) is 11.5 Å². The number of halogens is 5. The lowest BCUT2D eigenvalue weighted by Gasteiger charge is -2.10. The highest BCUT2D eigenvalue weighted by Gasteiger charge is 2.31. The number of hydrogen-bond donors (Lipinski definition) is 1. The van der Waals surface area contributed by atoms with Crippen molar-refractivity contribution in [2.24, 2.45) is 0 Å². The van der Waals surface area contributed by atoms with Crippen LogP contribution in [0.3, 0.4) is 0 Å². The Morgan fingerprint density at radius 2 is 1.45 bits per heavy atom. The molecule has 0 unspecified atom stereocenters. The van der Waals surface area contributed by atoms with Gasteiger partial charge in [-0.2, -0.15) is 0 Å². The van der Waals surface area contributed by atoms with Crippen LogP contribution < -0.4 is 14.9 Å². The van der Waals surface area contributed by atoms with Crippen molar-refractivity contribution in [1.82, 2.24) is 4.98 Å². The monoisotopic (exact) mass is 407 g/mol. The van der Waals surface area contributed by atoms with E-state index in [2.05, 4.69) is 9.72 Å². The van der Waals surface area contributed by atoms with E-state index in [0.29, 0.717) is 11.6 Å². The third kappa shape index (κ3) is 3.84. The van der Waals surface area contributed by atoms with Gasteiger partial charge in [-0.15, -0.1) is 13.2 Å². The topological polar surface area (TPSA) is 51.3 Å². The van der Waals surface area contributed by atoms with Gasteiger partial charge in [0.1, 0.15) is 28.9 Å². The Balaban J connectivity index is 1.69. The quantitative estimate of drug-likeness (QED) is 0.353. The number of rotatable bonds is 3. The molecular formula is C20H10F5NO3. The second-order valence-corrected chi connectivity index (χ2v) is 6.09. The highest BCUT2D eigenvalue weighted by atomic mass is 19.4. The molecular weight excluding hydrogens is 397 g/mol. The molecule has 1 aromatic heterocycles. The molecule has 1 N–H and O–H groups in total. The van der Waals surface area contributed by atoms with E-state index in [1.165, 1.54) is 30.3 Å². The zero-order valence-corrected chi connectivity index (χ0v) is 14.3. The molecule has 148 valence electrons. The summed E-state index contributed by atoms with van der Waals surface area (Å²) >= 11 is 0. The summed E-state index contributed by atoms with van der Waals surface area (Å²) in [6, 6.07) is 10.7. The van der Waals surface area contributed by atoms with Crippen LogP contribution in [0.2, 0.25) is 0 Å². The molecule has 0 saturated heterocycles. The van der Waals surface area contributed by atoms with Crippen molar-refractivity contribution in [1.29, 1.82) is 0 Å². The van der Waals surface area contributed by atoms with Gasteiger partial charge in [-0.25, -0.2) is 8.78 Å². The van der Waals surface area contributed by atoms with Crippen molar-refractivity contribution in [3.05, 3.63) is 76.5 Å². The number of aromatic nitrogens is 1. The van der Waals surface area contributed by atoms with Crippen molar-refractivity contribution in [3.8, 4) is 17.2 Å². The number of hydrogen-bond acceptors (Lipinski definition) is 3. The van der Waals surface area contributed by atoms with E-state index < -0.39 is 29.2 Å². The predicted octanol–water partition coefficient (Wildman–Crippen LogP) is 5.65. The fourth-order valence-electron chi connectivity index (χ4n) is 2.91. The fraction of sp³-hybridized carbons (Fsp3) is 0.0500. The fourth-order valence-corrected chi connectivity index (χ4v) is 2.91. The third-order valence-corrected chi connectivity index (χ3v) is 4.08. The zero-order chi connectivity index (χ0) is 20.8. The van der Waals surface area contributed by atoms with Crippen LogP contribution in [0.4, 0.5) is 22.0 Å². The van der Waals surface area contributed by atoms with Gasteiger partial charge < -0.3 is 14.5 Å². The van der Waals surface area contributed by atoms with Crippen molar-refractivity contribution in [2.75, 3.05) is 0 Å².